The highest BCUT2D eigenvalue weighted by atomic mass is 32.2. The van der Waals surface area contributed by atoms with Crippen LogP contribution < -0.4 is 0 Å². The first-order valence-corrected chi connectivity index (χ1v) is 9.13. The second-order valence-electron chi connectivity index (χ2n) is 5.93. The number of thioether (sulfide) groups is 1. The summed E-state index contributed by atoms with van der Waals surface area (Å²) in [5, 5.41) is 0.339. The standard InChI is InChI=1S/C19H18F3NOS/c20-19(21,22)16-8-6-15(7-9-16)18(24)23-11-10-17(25-13-12-23)14-4-2-1-3-5-14/h1-9,17H,10-13H2. The fourth-order valence-corrected chi connectivity index (χ4v) is 4.12. The lowest BCUT2D eigenvalue weighted by molar-refractivity contribution is -0.137. The van der Waals surface area contributed by atoms with Crippen LogP contribution in [0.2, 0.25) is 0 Å². The fraction of sp³-hybridized carbons (Fsp3) is 0.316. The molecule has 0 radical (unpaired) electrons. The number of hydrogen-bond acceptors (Lipinski definition) is 2. The Labute approximate surface area is 149 Å². The van der Waals surface area contributed by atoms with Gasteiger partial charge in [-0.1, -0.05) is 30.3 Å². The molecule has 1 saturated heterocycles. The van der Waals surface area contributed by atoms with Gasteiger partial charge in [0.1, 0.15) is 0 Å². The van der Waals surface area contributed by atoms with Crippen molar-refractivity contribution in [1.82, 2.24) is 4.90 Å². The van der Waals surface area contributed by atoms with E-state index >= 15 is 0 Å². The largest absolute Gasteiger partial charge is 0.416 e. The molecule has 2 nitrogen and oxygen atoms in total. The first-order chi connectivity index (χ1) is 11.9. The summed E-state index contributed by atoms with van der Waals surface area (Å²) in [6, 6.07) is 14.6. The van der Waals surface area contributed by atoms with Crippen molar-refractivity contribution in [2.45, 2.75) is 17.8 Å². The van der Waals surface area contributed by atoms with E-state index in [1.165, 1.54) is 17.7 Å². The Morgan fingerprint density at radius 1 is 1.00 bits per heavy atom. The molecule has 6 heteroatoms. The first-order valence-electron chi connectivity index (χ1n) is 8.08. The molecule has 25 heavy (non-hydrogen) atoms. The number of nitrogens with zero attached hydrogens (tertiary/aromatic N) is 1. The molecule has 1 fully saturated rings. The zero-order valence-electron chi connectivity index (χ0n) is 13.5. The third-order valence-electron chi connectivity index (χ3n) is 4.26. The molecule has 0 aromatic heterocycles. The van der Waals surface area contributed by atoms with Crippen molar-refractivity contribution >= 4 is 17.7 Å². The van der Waals surface area contributed by atoms with Crippen molar-refractivity contribution in [3.8, 4) is 0 Å². The number of benzene rings is 2. The van der Waals surface area contributed by atoms with Gasteiger partial charge in [0, 0.05) is 29.7 Å². The van der Waals surface area contributed by atoms with Crippen LogP contribution in [0, 0.1) is 0 Å². The average molecular weight is 365 g/mol. The summed E-state index contributed by atoms with van der Waals surface area (Å²) in [5.74, 6) is 0.606. The monoisotopic (exact) mass is 365 g/mol. The van der Waals surface area contributed by atoms with Gasteiger partial charge in [-0.2, -0.15) is 24.9 Å². The topological polar surface area (TPSA) is 20.3 Å². The highest BCUT2D eigenvalue weighted by molar-refractivity contribution is 7.99. The SMILES string of the molecule is O=C(c1ccc(C(F)(F)F)cc1)N1CCSC(c2ccccc2)CC1. The second kappa shape index (κ2) is 7.52. The summed E-state index contributed by atoms with van der Waals surface area (Å²) >= 11 is 1.82. The summed E-state index contributed by atoms with van der Waals surface area (Å²) in [6.07, 6.45) is -3.55. The number of rotatable bonds is 2. The van der Waals surface area contributed by atoms with E-state index in [4.69, 9.17) is 0 Å². The molecule has 1 aliphatic heterocycles. The quantitative estimate of drug-likeness (QED) is 0.744. The van der Waals surface area contributed by atoms with Crippen molar-refractivity contribution in [3.05, 3.63) is 71.3 Å². The number of carbonyl (C=O) groups is 1. The molecule has 0 aliphatic carbocycles. The molecule has 1 amide bonds. The van der Waals surface area contributed by atoms with Crippen molar-refractivity contribution in [3.63, 3.8) is 0 Å². The Bertz CT molecular complexity index is 716. The van der Waals surface area contributed by atoms with Crippen molar-refractivity contribution in [2.75, 3.05) is 18.8 Å². The summed E-state index contributed by atoms with van der Waals surface area (Å²) < 4.78 is 37.9. The zero-order valence-corrected chi connectivity index (χ0v) is 14.3. The van der Waals surface area contributed by atoms with Gasteiger partial charge in [-0.25, -0.2) is 0 Å². The van der Waals surface area contributed by atoms with E-state index in [9.17, 15) is 18.0 Å². The normalized spacial score (nSPS) is 18.7. The molecular weight excluding hydrogens is 347 g/mol. The maximum atomic E-state index is 12.6. The van der Waals surface area contributed by atoms with E-state index < -0.39 is 11.7 Å². The molecule has 0 spiro atoms. The van der Waals surface area contributed by atoms with Crippen LogP contribution in [0.5, 0.6) is 0 Å². The van der Waals surface area contributed by atoms with Crippen LogP contribution in [-0.2, 0) is 6.18 Å². The molecule has 0 N–H and O–H groups in total. The van der Waals surface area contributed by atoms with Gasteiger partial charge < -0.3 is 4.90 Å². The van der Waals surface area contributed by atoms with E-state index in [1.807, 2.05) is 30.0 Å². The van der Waals surface area contributed by atoms with Gasteiger partial charge in [0.05, 0.1) is 5.56 Å². The van der Waals surface area contributed by atoms with Crippen LogP contribution in [-0.4, -0.2) is 29.6 Å². The lowest BCUT2D eigenvalue weighted by Gasteiger charge is -2.20. The molecule has 1 unspecified atom stereocenters. The van der Waals surface area contributed by atoms with Crippen LogP contribution in [0.3, 0.4) is 0 Å². The smallest absolute Gasteiger partial charge is 0.338 e. The predicted octanol–water partition coefficient (Wildman–Crippen LogP) is 5.03. The molecule has 132 valence electrons. The highest BCUT2D eigenvalue weighted by Crippen LogP contribution is 2.34. The Kier molecular flexibility index (Phi) is 5.37. The van der Waals surface area contributed by atoms with Gasteiger partial charge in [-0.05, 0) is 36.2 Å². The van der Waals surface area contributed by atoms with E-state index in [2.05, 4.69) is 12.1 Å². The van der Waals surface area contributed by atoms with Gasteiger partial charge in [0.2, 0.25) is 0 Å². The van der Waals surface area contributed by atoms with Gasteiger partial charge in [-0.15, -0.1) is 0 Å². The van der Waals surface area contributed by atoms with Crippen LogP contribution in [0.1, 0.15) is 33.2 Å². The summed E-state index contributed by atoms with van der Waals surface area (Å²) in [7, 11) is 0. The Hall–Kier alpha value is -1.95. The fourth-order valence-electron chi connectivity index (χ4n) is 2.89. The average Bonchev–Trinajstić information content (AvgIpc) is 2.87. The first kappa shape index (κ1) is 17.9. The minimum atomic E-state index is -4.39. The summed E-state index contributed by atoms with van der Waals surface area (Å²) in [6.45, 7) is 1.21. The van der Waals surface area contributed by atoms with Gasteiger partial charge >= 0.3 is 6.18 Å². The second-order valence-corrected chi connectivity index (χ2v) is 7.24. The van der Waals surface area contributed by atoms with Crippen LogP contribution >= 0.6 is 11.8 Å². The highest BCUT2D eigenvalue weighted by Gasteiger charge is 2.30. The lowest BCUT2D eigenvalue weighted by Crippen LogP contribution is -2.33. The minimum absolute atomic E-state index is 0.206. The maximum absolute atomic E-state index is 12.6. The van der Waals surface area contributed by atoms with E-state index in [1.54, 1.807) is 4.90 Å². The molecular formula is C19H18F3NOS. The molecule has 1 heterocycles. The Morgan fingerprint density at radius 2 is 1.68 bits per heavy atom. The maximum Gasteiger partial charge on any atom is 0.416 e. The Balaban J connectivity index is 1.67. The summed E-state index contributed by atoms with van der Waals surface area (Å²) in [4.78, 5) is 14.3. The zero-order chi connectivity index (χ0) is 17.9. The number of carbonyl (C=O) groups excluding carboxylic acids is 1. The molecule has 2 aromatic rings. The van der Waals surface area contributed by atoms with Crippen LogP contribution in [0.25, 0.3) is 0 Å². The van der Waals surface area contributed by atoms with E-state index in [0.717, 1.165) is 24.3 Å². The molecule has 3 rings (SSSR count). The minimum Gasteiger partial charge on any atom is -0.338 e. The molecule has 1 aliphatic rings. The molecule has 0 saturated carbocycles. The third kappa shape index (κ3) is 4.37. The van der Waals surface area contributed by atoms with Gasteiger partial charge in [-0.3, -0.25) is 4.79 Å². The van der Waals surface area contributed by atoms with Crippen molar-refractivity contribution in [2.24, 2.45) is 0 Å². The molecule has 0 bridgehead atoms. The van der Waals surface area contributed by atoms with E-state index in [0.29, 0.717) is 23.9 Å². The van der Waals surface area contributed by atoms with Crippen molar-refractivity contribution in [1.29, 1.82) is 0 Å². The lowest BCUT2D eigenvalue weighted by atomic mass is 10.1. The van der Waals surface area contributed by atoms with E-state index in [-0.39, 0.29) is 5.91 Å². The molecule has 1 atom stereocenters. The number of hydrogen-bond donors (Lipinski definition) is 0. The predicted molar refractivity (Wildman–Crippen MR) is 93.6 cm³/mol. The Morgan fingerprint density at radius 3 is 2.32 bits per heavy atom. The number of halogens is 3. The third-order valence-corrected chi connectivity index (χ3v) is 5.59. The van der Waals surface area contributed by atoms with Crippen molar-refractivity contribution < 1.29 is 18.0 Å². The van der Waals surface area contributed by atoms with Crippen LogP contribution in [0.4, 0.5) is 13.2 Å². The summed E-state index contributed by atoms with van der Waals surface area (Å²) in [5.41, 5.74) is 0.812. The number of amides is 1. The number of alkyl halides is 3. The van der Waals surface area contributed by atoms with Crippen LogP contribution in [0.15, 0.2) is 54.6 Å². The van der Waals surface area contributed by atoms with Gasteiger partial charge in [0.15, 0.2) is 0 Å². The molecule has 2 aromatic carbocycles. The van der Waals surface area contributed by atoms with Gasteiger partial charge in [0.25, 0.3) is 5.91 Å².